The van der Waals surface area contributed by atoms with Gasteiger partial charge in [0.05, 0.1) is 37.7 Å². The minimum absolute atomic E-state index is 0.0214. The fourth-order valence-electron chi connectivity index (χ4n) is 14.4. The van der Waals surface area contributed by atoms with E-state index in [1.807, 2.05) is 0 Å². The molecule has 6 rings (SSSR count). The molecule has 590 valence electrons. The number of alkyl halides is 6. The van der Waals surface area contributed by atoms with Gasteiger partial charge in [0, 0.05) is 88.9 Å². The Morgan fingerprint density at radius 2 is 1.19 bits per heavy atom. The number of nitrogens with one attached hydrogen (secondary N) is 3. The van der Waals surface area contributed by atoms with Crippen LogP contribution < -0.4 is 16.0 Å². The number of fused-ring (bicyclic) bond motifs is 9. The molecule has 4 aliphatic rings. The van der Waals surface area contributed by atoms with E-state index in [-0.39, 0.29) is 57.4 Å². The van der Waals surface area contributed by atoms with Crippen LogP contribution in [-0.2, 0) is 87.5 Å². The predicted molar refractivity (Wildman–Crippen MR) is 372 cm³/mol. The maximum Gasteiger partial charge on any atom is 0.422 e. The average molecular weight is 1510 g/mol. The van der Waals surface area contributed by atoms with Gasteiger partial charge in [-0.2, -0.15) is 26.3 Å². The molecular weight excluding hydrogens is 1400 g/mol. The molecule has 4 fully saturated rings. The van der Waals surface area contributed by atoms with Crippen molar-refractivity contribution in [3.8, 4) is 0 Å². The van der Waals surface area contributed by atoms with Gasteiger partial charge in [0.1, 0.15) is 65.5 Å². The van der Waals surface area contributed by atoms with Crippen molar-refractivity contribution in [1.82, 2.24) is 60.0 Å². The van der Waals surface area contributed by atoms with Crippen LogP contribution in [0.4, 0.5) is 35.1 Å². The monoisotopic (exact) mass is 1510 g/mol. The third-order valence-electron chi connectivity index (χ3n) is 20.7. The van der Waals surface area contributed by atoms with E-state index in [4.69, 9.17) is 4.74 Å². The number of halogens is 8. The van der Waals surface area contributed by atoms with Crippen molar-refractivity contribution in [3.05, 3.63) is 70.3 Å². The number of rotatable bonds is 13. The fraction of sp³-hybridized carbons (Fsp3) is 0.671. The summed E-state index contributed by atoms with van der Waals surface area (Å²) in [4.78, 5) is 189. The summed E-state index contributed by atoms with van der Waals surface area (Å²) in [5.74, 6) is -15.2. The minimum atomic E-state index is -5.46. The summed E-state index contributed by atoms with van der Waals surface area (Å²) < 4.78 is 120. The van der Waals surface area contributed by atoms with E-state index in [2.05, 4.69) is 16.0 Å². The molecule has 2 aromatic carbocycles. The van der Waals surface area contributed by atoms with E-state index >= 15 is 32.8 Å². The Hall–Kier alpha value is -8.52. The Morgan fingerprint density at radius 3 is 1.76 bits per heavy atom. The number of ether oxygens (including phenoxy) is 1. The first kappa shape index (κ1) is 86.4. The van der Waals surface area contributed by atoms with Crippen molar-refractivity contribution < 1.29 is 97.4 Å². The second kappa shape index (κ2) is 38.3. The first-order valence-electron chi connectivity index (χ1n) is 36.3. The van der Waals surface area contributed by atoms with Gasteiger partial charge in [-0.25, -0.2) is 8.78 Å². The highest BCUT2D eigenvalue weighted by molar-refractivity contribution is 6.00. The molecule has 0 aromatic heterocycles. The molecule has 0 unspecified atom stereocenters. The van der Waals surface area contributed by atoms with Gasteiger partial charge in [-0.15, -0.1) is 0 Å². The molecule has 33 heteroatoms. The summed E-state index contributed by atoms with van der Waals surface area (Å²) in [6, 6.07) is -7.31. The van der Waals surface area contributed by atoms with Gasteiger partial charge in [-0.1, -0.05) is 84.3 Å². The van der Waals surface area contributed by atoms with E-state index in [1.165, 1.54) is 64.0 Å². The summed E-state index contributed by atoms with van der Waals surface area (Å²) in [6.07, 6.45) is -9.06. The third-order valence-corrected chi connectivity index (χ3v) is 20.7. The van der Waals surface area contributed by atoms with E-state index in [0.717, 1.165) is 60.7 Å². The summed E-state index contributed by atoms with van der Waals surface area (Å²) in [7, 11) is 10.6. The summed E-state index contributed by atoms with van der Waals surface area (Å²) >= 11 is 0. The molecule has 0 radical (unpaired) electrons. The summed E-state index contributed by atoms with van der Waals surface area (Å²) in [6.45, 7) is 3.83. The van der Waals surface area contributed by atoms with Gasteiger partial charge >= 0.3 is 12.4 Å². The Kier molecular flexibility index (Phi) is 31.2. The number of aryl methyl sites for hydroxylation is 1. The number of amides is 12. The van der Waals surface area contributed by atoms with E-state index < -0.39 is 223 Å². The maximum atomic E-state index is 15.5. The second-order valence-electron chi connectivity index (χ2n) is 28.7. The van der Waals surface area contributed by atoms with Crippen LogP contribution in [-0.4, -0.2) is 265 Å². The fourth-order valence-corrected chi connectivity index (χ4v) is 14.4. The third kappa shape index (κ3) is 22.3. The quantitative estimate of drug-likeness (QED) is 0.207. The Morgan fingerprint density at radius 1 is 0.613 bits per heavy atom. The lowest BCUT2D eigenvalue weighted by Gasteiger charge is -2.39. The molecule has 25 nitrogen and oxygen atoms in total. The normalized spacial score (nSPS) is 25.4. The molecular formula is C73H104F8N12O13. The highest BCUT2D eigenvalue weighted by Crippen LogP contribution is 2.36. The molecule has 0 spiro atoms. The molecule has 3 heterocycles. The summed E-state index contributed by atoms with van der Waals surface area (Å²) in [5.41, 5.74) is -3.53. The van der Waals surface area contributed by atoms with Crippen LogP contribution in [0, 0.1) is 23.5 Å². The van der Waals surface area contributed by atoms with Crippen LogP contribution in [0.5, 0.6) is 0 Å². The highest BCUT2D eigenvalue weighted by atomic mass is 19.4. The molecule has 1 saturated carbocycles. The van der Waals surface area contributed by atoms with Gasteiger partial charge in [0.25, 0.3) is 0 Å². The average Bonchev–Trinajstić information content (AvgIpc) is 1.39. The molecule has 3 aliphatic heterocycles. The van der Waals surface area contributed by atoms with E-state index in [1.54, 1.807) is 27.7 Å². The topological polar surface area (TPSA) is 279 Å². The number of hydrogen-bond donors (Lipinski definition) is 3. The van der Waals surface area contributed by atoms with Crippen LogP contribution in [0.3, 0.4) is 0 Å². The smallest absolute Gasteiger partial charge is 0.377 e. The molecule has 106 heavy (non-hydrogen) atoms. The van der Waals surface area contributed by atoms with Crippen molar-refractivity contribution in [3.63, 3.8) is 0 Å². The maximum absolute atomic E-state index is 15.5. The Bertz CT molecular complexity index is 3450. The first-order valence-corrected chi connectivity index (χ1v) is 36.3. The van der Waals surface area contributed by atoms with Crippen molar-refractivity contribution in [1.29, 1.82) is 0 Å². The van der Waals surface area contributed by atoms with Crippen molar-refractivity contribution >= 4 is 70.9 Å². The van der Waals surface area contributed by atoms with Gasteiger partial charge < -0.3 is 64.8 Å². The van der Waals surface area contributed by atoms with Crippen LogP contribution in [0.15, 0.2) is 36.4 Å². The standard InChI is InChI=1S/C73H104F8N12O13/c1-13-33-92-56(36-44-27-30-47(31-28-44)72(76,77)78)69(103)87(8)40-57(94)82-52(32-29-45-34-49(74)61(50(75)35-45)73(79,80)81)67(101)93-39-48(106-15-3)37-54(93)65(99)83-51-25-19-17-16-18-20-26-53(64(98)84-62(43(4)14-2)70(104)88(9)41-59(96)86(7)42-60(92)97)89(10)58(95)38-55(68(102)85(5)6)90(11)71(105)63(91(12)66(51)100)46-23-21-22-24-46/h27-28,30-31,34-35,43,46,48,51-56,62-63H,13-26,29,32-33,36-42H2,1-12H3,(H,82,94)(H,83,99)(H,84,98)/t43-,48+,51+,52-,53-,54-,55-,56-,62-,63-/m0/s1. The van der Waals surface area contributed by atoms with Gasteiger partial charge in [0.2, 0.25) is 70.9 Å². The van der Waals surface area contributed by atoms with Crippen LogP contribution in [0.2, 0.25) is 0 Å². The van der Waals surface area contributed by atoms with Gasteiger partial charge in [-0.05, 0) is 99.1 Å². The highest BCUT2D eigenvalue weighted by Gasteiger charge is 2.48. The lowest BCUT2D eigenvalue weighted by atomic mass is 9.93. The number of carbonyl (C=O) groups excluding carboxylic acids is 12. The lowest BCUT2D eigenvalue weighted by Crippen LogP contribution is -2.61. The van der Waals surface area contributed by atoms with Gasteiger partial charge in [0.15, 0.2) is 0 Å². The minimum Gasteiger partial charge on any atom is -0.377 e. The van der Waals surface area contributed by atoms with E-state index in [0.29, 0.717) is 69.9 Å². The zero-order valence-electron chi connectivity index (χ0n) is 62.6. The van der Waals surface area contributed by atoms with Gasteiger partial charge in [-0.3, -0.25) is 57.5 Å². The lowest BCUT2D eigenvalue weighted by molar-refractivity contribution is -0.154. The van der Waals surface area contributed by atoms with Crippen LogP contribution in [0.1, 0.15) is 153 Å². The SMILES string of the molecule is CCCN1C(=O)CN(C)C(=O)CN(C)C(=O)[C@H]([C@@H](C)CC)NC(=O)[C@@H]2CCCCCCC[C@@H](NC(=O)[C@@H]3C[C@@H](OCC)CN3C(=O)[C@H](CCc3cc(F)c(C(F)(F)F)c(F)c3)NC(=O)CN(C)C(=O)[C@@H]1Cc1ccc(C(F)(F)F)cc1)C(=O)N(C)[C@@H](C1CCCC1)C(=O)N(C)[C@H](C(=O)N(C)C)CC(=O)N2C. The molecule has 3 saturated heterocycles. The number of benzene rings is 2. The number of carbonyl (C=O) groups is 12. The zero-order chi connectivity index (χ0) is 79.0. The van der Waals surface area contributed by atoms with Crippen molar-refractivity contribution in [2.45, 2.75) is 210 Å². The molecule has 2 aromatic rings. The molecule has 3 N–H and O–H groups in total. The summed E-state index contributed by atoms with van der Waals surface area (Å²) in [5, 5.41) is 8.24. The first-order chi connectivity index (χ1) is 49.7. The van der Waals surface area contributed by atoms with Crippen molar-refractivity contribution in [2.75, 3.05) is 95.7 Å². The van der Waals surface area contributed by atoms with Crippen LogP contribution in [0.25, 0.3) is 0 Å². The molecule has 1 aliphatic carbocycles. The second-order valence-corrected chi connectivity index (χ2v) is 28.7. The number of likely N-dealkylation sites (N-methyl/N-ethyl adjacent to an activating group) is 7. The Labute approximate surface area is 614 Å². The number of nitrogens with zero attached hydrogens (tertiary/aromatic N) is 9. The van der Waals surface area contributed by atoms with E-state index in [9.17, 15) is 59.9 Å². The predicted octanol–water partition coefficient (Wildman–Crippen LogP) is 5.57. The van der Waals surface area contributed by atoms with Crippen molar-refractivity contribution in [2.24, 2.45) is 11.8 Å². The molecule has 12 amide bonds. The molecule has 10 atom stereocenters. The van der Waals surface area contributed by atoms with Crippen LogP contribution >= 0.6 is 0 Å². The largest absolute Gasteiger partial charge is 0.422 e. The number of hydrogen-bond acceptors (Lipinski definition) is 13. The zero-order valence-corrected chi connectivity index (χ0v) is 62.6. The molecule has 2 bridgehead atoms. The Balaban J connectivity index is 1.53.